The van der Waals surface area contributed by atoms with Crippen LogP contribution in [0.5, 0.6) is 0 Å². The summed E-state index contributed by atoms with van der Waals surface area (Å²) in [5, 5.41) is 0. The summed E-state index contributed by atoms with van der Waals surface area (Å²) in [6.07, 6.45) is 16.6. The molecule has 0 saturated heterocycles. The Balaban J connectivity index is 3.20. The predicted octanol–water partition coefficient (Wildman–Crippen LogP) is 5.96. The molecular weight excluding hydrogens is 216 g/mol. The van der Waals surface area contributed by atoms with Crippen LogP contribution in [0.15, 0.2) is 36.4 Å². The first-order chi connectivity index (χ1) is 8.83. The van der Waals surface area contributed by atoms with Gasteiger partial charge in [-0.2, -0.15) is 0 Å². The Morgan fingerprint density at radius 3 is 1.61 bits per heavy atom. The zero-order valence-corrected chi connectivity index (χ0v) is 11.8. The normalized spacial score (nSPS) is 12.2. The third-order valence-corrected chi connectivity index (χ3v) is 2.76. The first-order valence-corrected chi connectivity index (χ1v) is 6.96. The zero-order chi connectivity index (χ0) is 13.2. The van der Waals surface area contributed by atoms with Crippen LogP contribution in [0, 0.1) is 0 Å². The van der Waals surface area contributed by atoms with E-state index in [-0.39, 0.29) is 0 Å². The molecule has 0 unspecified atom stereocenters. The second-order valence-electron chi connectivity index (χ2n) is 4.28. The van der Waals surface area contributed by atoms with Crippen molar-refractivity contribution < 1.29 is 0 Å². The van der Waals surface area contributed by atoms with E-state index >= 15 is 0 Å². The molecule has 0 aliphatic carbocycles. The second-order valence-corrected chi connectivity index (χ2v) is 4.28. The topological polar surface area (TPSA) is 0 Å². The largest absolute Gasteiger partial charge is 0.0842 e. The van der Waals surface area contributed by atoms with Crippen LogP contribution in [0.3, 0.4) is 0 Å². The summed E-state index contributed by atoms with van der Waals surface area (Å²) in [5.74, 6) is 0. The Morgan fingerprint density at radius 2 is 1.17 bits per heavy atom. The van der Waals surface area contributed by atoms with Crippen LogP contribution in [0.1, 0.15) is 56.7 Å². The van der Waals surface area contributed by atoms with Crippen molar-refractivity contribution in [3.63, 3.8) is 0 Å². The van der Waals surface area contributed by atoms with Gasteiger partial charge in [0, 0.05) is 0 Å². The van der Waals surface area contributed by atoms with Gasteiger partial charge in [-0.15, -0.1) is 0 Å². The molecule has 0 saturated carbocycles. The van der Waals surface area contributed by atoms with Gasteiger partial charge in [0.15, 0.2) is 0 Å². The molecule has 0 aliphatic heterocycles. The summed E-state index contributed by atoms with van der Waals surface area (Å²) in [7, 11) is 0. The van der Waals surface area contributed by atoms with Crippen LogP contribution >= 0.6 is 0 Å². The minimum Gasteiger partial charge on any atom is -0.0842 e. The lowest BCUT2D eigenvalue weighted by Crippen LogP contribution is -1.86. The SMILES string of the molecule is CCC=Cc1cccc(C=CCC)c1C=CCC. The highest BCUT2D eigenvalue weighted by atomic mass is 14.0. The number of benzene rings is 1. The van der Waals surface area contributed by atoms with Crippen molar-refractivity contribution in [3.8, 4) is 0 Å². The Hall–Kier alpha value is -1.56. The van der Waals surface area contributed by atoms with Crippen molar-refractivity contribution >= 4 is 18.2 Å². The third kappa shape index (κ3) is 4.37. The maximum Gasteiger partial charge on any atom is -0.0115 e. The summed E-state index contributed by atoms with van der Waals surface area (Å²) < 4.78 is 0. The highest BCUT2D eigenvalue weighted by Crippen LogP contribution is 2.20. The monoisotopic (exact) mass is 240 g/mol. The molecule has 1 rings (SSSR count). The first kappa shape index (κ1) is 14.5. The molecule has 1 aromatic carbocycles. The predicted molar refractivity (Wildman–Crippen MR) is 84.4 cm³/mol. The highest BCUT2D eigenvalue weighted by molar-refractivity contribution is 5.74. The van der Waals surface area contributed by atoms with Gasteiger partial charge >= 0.3 is 0 Å². The maximum atomic E-state index is 2.24. The lowest BCUT2D eigenvalue weighted by Gasteiger charge is -2.06. The molecule has 0 heterocycles. The van der Waals surface area contributed by atoms with Gasteiger partial charge in [-0.3, -0.25) is 0 Å². The fourth-order valence-electron chi connectivity index (χ4n) is 1.81. The number of hydrogen-bond acceptors (Lipinski definition) is 0. The fraction of sp³-hybridized carbons (Fsp3) is 0.333. The molecule has 0 nitrogen and oxygen atoms in total. The van der Waals surface area contributed by atoms with Gasteiger partial charge < -0.3 is 0 Å². The standard InChI is InChI=1S/C18H24/c1-4-7-11-16-13-10-14-17(12-8-5-2)18(16)15-9-6-3/h7-15H,4-6H2,1-3H3. The van der Waals surface area contributed by atoms with Crippen LogP contribution < -0.4 is 0 Å². The van der Waals surface area contributed by atoms with Crippen molar-refractivity contribution in [2.24, 2.45) is 0 Å². The minimum atomic E-state index is 1.07. The van der Waals surface area contributed by atoms with E-state index in [1.54, 1.807) is 0 Å². The smallest absolute Gasteiger partial charge is 0.0115 e. The fourth-order valence-corrected chi connectivity index (χ4v) is 1.81. The molecule has 0 N–H and O–H groups in total. The zero-order valence-electron chi connectivity index (χ0n) is 11.8. The molecule has 0 fully saturated rings. The summed E-state index contributed by atoms with van der Waals surface area (Å²) in [6.45, 7) is 6.50. The quantitative estimate of drug-likeness (QED) is 0.576. The van der Waals surface area contributed by atoms with Crippen molar-refractivity contribution in [2.45, 2.75) is 40.0 Å². The van der Waals surface area contributed by atoms with Crippen molar-refractivity contribution in [1.82, 2.24) is 0 Å². The van der Waals surface area contributed by atoms with E-state index in [4.69, 9.17) is 0 Å². The van der Waals surface area contributed by atoms with Crippen molar-refractivity contribution in [2.75, 3.05) is 0 Å². The van der Waals surface area contributed by atoms with E-state index in [9.17, 15) is 0 Å². The van der Waals surface area contributed by atoms with Gasteiger partial charge in [-0.05, 0) is 36.0 Å². The van der Waals surface area contributed by atoms with E-state index < -0.39 is 0 Å². The van der Waals surface area contributed by atoms with E-state index in [1.807, 2.05) is 0 Å². The Labute approximate surface area is 112 Å². The molecule has 1 aromatic rings. The lowest BCUT2D eigenvalue weighted by atomic mass is 9.99. The molecule has 0 aliphatic rings. The number of hydrogen-bond donors (Lipinski definition) is 0. The lowest BCUT2D eigenvalue weighted by molar-refractivity contribution is 1.23. The molecule has 0 aromatic heterocycles. The summed E-state index contributed by atoms with van der Waals surface area (Å²) in [4.78, 5) is 0. The molecule has 18 heavy (non-hydrogen) atoms. The van der Waals surface area contributed by atoms with Crippen LogP contribution in [0.4, 0.5) is 0 Å². The van der Waals surface area contributed by atoms with Gasteiger partial charge in [0.05, 0.1) is 0 Å². The molecule has 96 valence electrons. The van der Waals surface area contributed by atoms with Crippen LogP contribution in [0.25, 0.3) is 18.2 Å². The summed E-state index contributed by atoms with van der Waals surface area (Å²) >= 11 is 0. The molecule has 0 radical (unpaired) electrons. The maximum absolute atomic E-state index is 2.24. The van der Waals surface area contributed by atoms with E-state index in [1.165, 1.54) is 16.7 Å². The summed E-state index contributed by atoms with van der Waals surface area (Å²) in [5.41, 5.74) is 3.94. The first-order valence-electron chi connectivity index (χ1n) is 6.96. The Bertz CT molecular complexity index is 401. The minimum absolute atomic E-state index is 1.07. The third-order valence-electron chi connectivity index (χ3n) is 2.76. The van der Waals surface area contributed by atoms with Gasteiger partial charge in [0.25, 0.3) is 0 Å². The summed E-state index contributed by atoms with van der Waals surface area (Å²) in [6, 6.07) is 6.50. The average Bonchev–Trinajstić information content (AvgIpc) is 2.41. The molecule has 0 atom stereocenters. The van der Waals surface area contributed by atoms with Gasteiger partial charge in [-0.1, -0.05) is 75.4 Å². The molecular formula is C18H24. The van der Waals surface area contributed by atoms with Crippen LogP contribution in [-0.2, 0) is 0 Å². The Morgan fingerprint density at radius 1 is 0.722 bits per heavy atom. The second kappa shape index (κ2) is 8.52. The number of rotatable bonds is 6. The molecule has 0 amide bonds. The van der Waals surface area contributed by atoms with Gasteiger partial charge in [0.2, 0.25) is 0 Å². The Kier molecular flexibility index (Phi) is 6.86. The molecule has 0 spiro atoms. The van der Waals surface area contributed by atoms with E-state index in [0.29, 0.717) is 0 Å². The van der Waals surface area contributed by atoms with E-state index in [0.717, 1.165) is 19.3 Å². The highest BCUT2D eigenvalue weighted by Gasteiger charge is 2.00. The molecule has 0 heteroatoms. The molecule has 0 bridgehead atoms. The van der Waals surface area contributed by atoms with Crippen LogP contribution in [-0.4, -0.2) is 0 Å². The van der Waals surface area contributed by atoms with Crippen molar-refractivity contribution in [3.05, 3.63) is 53.1 Å². The van der Waals surface area contributed by atoms with Gasteiger partial charge in [-0.25, -0.2) is 0 Å². The van der Waals surface area contributed by atoms with Gasteiger partial charge in [0.1, 0.15) is 0 Å². The van der Waals surface area contributed by atoms with E-state index in [2.05, 4.69) is 75.4 Å². The van der Waals surface area contributed by atoms with Crippen LogP contribution in [0.2, 0.25) is 0 Å². The number of allylic oxidation sites excluding steroid dienone is 3. The van der Waals surface area contributed by atoms with Crippen molar-refractivity contribution in [1.29, 1.82) is 0 Å². The average molecular weight is 240 g/mol.